The van der Waals surface area contributed by atoms with E-state index in [1.165, 1.54) is 0 Å². The highest BCUT2D eigenvalue weighted by molar-refractivity contribution is 7.99. The van der Waals surface area contributed by atoms with E-state index in [0.29, 0.717) is 12.2 Å². The van der Waals surface area contributed by atoms with E-state index in [0.717, 1.165) is 22.0 Å². The van der Waals surface area contributed by atoms with E-state index in [9.17, 15) is 0 Å². The minimum atomic E-state index is 0.514. The lowest BCUT2D eigenvalue weighted by molar-refractivity contribution is 0.872. The Balaban J connectivity index is 2.30. The second kappa shape index (κ2) is 5.61. The fraction of sp³-hybridized carbons (Fsp3) is 0.231. The zero-order valence-electron chi connectivity index (χ0n) is 10.1. The summed E-state index contributed by atoms with van der Waals surface area (Å²) in [5.74, 6) is 1.38. The largest absolute Gasteiger partial charge is 0.383 e. The van der Waals surface area contributed by atoms with Crippen molar-refractivity contribution in [3.63, 3.8) is 0 Å². The number of nitrogen functional groups attached to an aromatic ring is 1. The van der Waals surface area contributed by atoms with E-state index < -0.39 is 0 Å². The van der Waals surface area contributed by atoms with Crippen LogP contribution in [0.5, 0.6) is 0 Å². The van der Waals surface area contributed by atoms with E-state index in [-0.39, 0.29) is 0 Å². The van der Waals surface area contributed by atoms with Crippen LogP contribution in [0.25, 0.3) is 5.69 Å². The summed E-state index contributed by atoms with van der Waals surface area (Å²) >= 11 is 1.58. The average molecular weight is 258 g/mol. The predicted octanol–water partition coefficient (Wildman–Crippen LogP) is 2.77. The minimum absolute atomic E-state index is 0.514. The first-order chi connectivity index (χ1) is 8.74. The van der Waals surface area contributed by atoms with Gasteiger partial charge in [0.2, 0.25) is 0 Å². The summed E-state index contributed by atoms with van der Waals surface area (Å²) in [4.78, 5) is 0.967. The van der Waals surface area contributed by atoms with Gasteiger partial charge in [-0.3, -0.25) is 0 Å². The lowest BCUT2D eigenvalue weighted by Crippen LogP contribution is -2.01. The maximum absolute atomic E-state index is 8.55. The van der Waals surface area contributed by atoms with Crippen LogP contribution in [0, 0.1) is 18.3 Å². The molecule has 0 aliphatic carbocycles. The molecule has 2 N–H and O–H groups in total. The van der Waals surface area contributed by atoms with Crippen LogP contribution in [-0.4, -0.2) is 15.5 Å². The Bertz CT molecular complexity index is 569. The summed E-state index contributed by atoms with van der Waals surface area (Å²) in [6.45, 7) is 1.94. The molecule has 2 rings (SSSR count). The standard InChI is InChI=1S/C13H14N4S/c1-10-12(18-9-5-8-14)13(15)17(16-10)11-6-3-2-4-7-11/h2-4,6-7H,5,9,15H2,1H3. The predicted molar refractivity (Wildman–Crippen MR) is 73.7 cm³/mol. The van der Waals surface area contributed by atoms with Crippen molar-refractivity contribution in [1.29, 1.82) is 5.26 Å². The maximum atomic E-state index is 8.55. The van der Waals surface area contributed by atoms with Crippen molar-refractivity contribution in [3.05, 3.63) is 36.0 Å². The van der Waals surface area contributed by atoms with Gasteiger partial charge in [0.05, 0.1) is 22.3 Å². The van der Waals surface area contributed by atoms with Crippen molar-refractivity contribution in [3.8, 4) is 11.8 Å². The second-order valence-corrected chi connectivity index (χ2v) is 4.91. The monoisotopic (exact) mass is 258 g/mol. The molecule has 0 fully saturated rings. The fourth-order valence-electron chi connectivity index (χ4n) is 1.67. The third kappa shape index (κ3) is 2.49. The maximum Gasteiger partial charge on any atom is 0.141 e. The van der Waals surface area contributed by atoms with Gasteiger partial charge < -0.3 is 5.73 Å². The Morgan fingerprint density at radius 3 is 2.78 bits per heavy atom. The van der Waals surface area contributed by atoms with Crippen LogP contribution in [0.2, 0.25) is 0 Å². The van der Waals surface area contributed by atoms with Gasteiger partial charge in [0.1, 0.15) is 5.82 Å². The molecule has 0 saturated carbocycles. The van der Waals surface area contributed by atoms with Crippen molar-refractivity contribution in [1.82, 2.24) is 9.78 Å². The number of nitriles is 1. The molecule has 2 aromatic rings. The molecular formula is C13H14N4S. The lowest BCUT2D eigenvalue weighted by Gasteiger charge is -2.04. The van der Waals surface area contributed by atoms with Gasteiger partial charge in [0, 0.05) is 12.2 Å². The van der Waals surface area contributed by atoms with Gasteiger partial charge >= 0.3 is 0 Å². The lowest BCUT2D eigenvalue weighted by atomic mass is 10.3. The van der Waals surface area contributed by atoms with Gasteiger partial charge in [-0.2, -0.15) is 10.4 Å². The molecule has 1 aromatic heterocycles. The number of nitrogens with zero attached hydrogens (tertiary/aromatic N) is 3. The van der Waals surface area contributed by atoms with Gasteiger partial charge in [-0.05, 0) is 19.1 Å². The number of thioether (sulfide) groups is 1. The van der Waals surface area contributed by atoms with Gasteiger partial charge in [0.15, 0.2) is 0 Å². The average Bonchev–Trinajstić information content (AvgIpc) is 2.68. The SMILES string of the molecule is Cc1nn(-c2ccccc2)c(N)c1SCCC#N. The summed E-state index contributed by atoms with van der Waals surface area (Å²) in [5, 5.41) is 13.0. The summed E-state index contributed by atoms with van der Waals surface area (Å²) in [6, 6.07) is 11.9. The highest BCUT2D eigenvalue weighted by Crippen LogP contribution is 2.30. The normalized spacial score (nSPS) is 10.2. The highest BCUT2D eigenvalue weighted by atomic mass is 32.2. The zero-order chi connectivity index (χ0) is 13.0. The summed E-state index contributed by atoms with van der Waals surface area (Å²) in [7, 11) is 0. The van der Waals surface area contributed by atoms with E-state index in [1.54, 1.807) is 16.4 Å². The topological polar surface area (TPSA) is 67.6 Å². The molecule has 0 unspecified atom stereocenters. The van der Waals surface area contributed by atoms with Gasteiger partial charge in [-0.25, -0.2) is 4.68 Å². The first kappa shape index (κ1) is 12.5. The second-order valence-electron chi connectivity index (χ2n) is 3.80. The quantitative estimate of drug-likeness (QED) is 0.676. The molecular weight excluding hydrogens is 244 g/mol. The molecule has 92 valence electrons. The van der Waals surface area contributed by atoms with Crippen molar-refractivity contribution in [2.24, 2.45) is 0 Å². The summed E-state index contributed by atoms with van der Waals surface area (Å²) < 4.78 is 1.74. The van der Waals surface area contributed by atoms with Crippen LogP contribution in [-0.2, 0) is 0 Å². The molecule has 1 aromatic carbocycles. The van der Waals surface area contributed by atoms with Gasteiger partial charge in [-0.1, -0.05) is 18.2 Å². The van der Waals surface area contributed by atoms with E-state index >= 15 is 0 Å². The number of aryl methyl sites for hydroxylation is 1. The van der Waals surface area contributed by atoms with Crippen LogP contribution in [0.4, 0.5) is 5.82 Å². The Labute approximate surface area is 110 Å². The van der Waals surface area contributed by atoms with Crippen molar-refractivity contribution < 1.29 is 0 Å². The number of aromatic nitrogens is 2. The number of benzene rings is 1. The molecule has 0 radical (unpaired) electrons. The molecule has 0 aliphatic rings. The highest BCUT2D eigenvalue weighted by Gasteiger charge is 2.13. The molecule has 5 heteroatoms. The Morgan fingerprint density at radius 1 is 1.39 bits per heavy atom. The minimum Gasteiger partial charge on any atom is -0.383 e. The number of para-hydroxylation sites is 1. The van der Waals surface area contributed by atoms with Crippen molar-refractivity contribution in [2.75, 3.05) is 11.5 Å². The van der Waals surface area contributed by atoms with Gasteiger partial charge in [-0.15, -0.1) is 11.8 Å². The fourth-order valence-corrected chi connectivity index (χ4v) is 2.56. The van der Waals surface area contributed by atoms with E-state index in [1.807, 2.05) is 37.3 Å². The number of rotatable bonds is 4. The molecule has 0 atom stereocenters. The smallest absolute Gasteiger partial charge is 0.141 e. The number of hydrogen-bond donors (Lipinski definition) is 1. The first-order valence-electron chi connectivity index (χ1n) is 5.64. The van der Waals surface area contributed by atoms with Crippen LogP contribution in [0.3, 0.4) is 0 Å². The Kier molecular flexibility index (Phi) is 3.90. The molecule has 0 saturated heterocycles. The molecule has 0 aliphatic heterocycles. The first-order valence-corrected chi connectivity index (χ1v) is 6.63. The zero-order valence-corrected chi connectivity index (χ0v) is 10.9. The molecule has 18 heavy (non-hydrogen) atoms. The third-order valence-electron chi connectivity index (χ3n) is 2.50. The van der Waals surface area contributed by atoms with E-state index in [2.05, 4.69) is 11.2 Å². The number of nitrogens with two attached hydrogens (primary N) is 1. The van der Waals surface area contributed by atoms with Crippen LogP contribution in [0.1, 0.15) is 12.1 Å². The van der Waals surface area contributed by atoms with Crippen LogP contribution >= 0.6 is 11.8 Å². The Morgan fingerprint density at radius 2 is 2.11 bits per heavy atom. The molecule has 0 bridgehead atoms. The number of hydrogen-bond acceptors (Lipinski definition) is 4. The summed E-state index contributed by atoms with van der Waals surface area (Å²) in [6.07, 6.45) is 0.514. The molecule has 1 heterocycles. The molecule has 0 amide bonds. The van der Waals surface area contributed by atoms with E-state index in [4.69, 9.17) is 11.0 Å². The number of anilines is 1. The van der Waals surface area contributed by atoms with Gasteiger partial charge in [0.25, 0.3) is 0 Å². The van der Waals surface area contributed by atoms with Crippen LogP contribution in [0.15, 0.2) is 35.2 Å². The Hall–Kier alpha value is -1.93. The molecule has 4 nitrogen and oxygen atoms in total. The molecule has 0 spiro atoms. The van der Waals surface area contributed by atoms with Crippen molar-refractivity contribution >= 4 is 17.6 Å². The third-order valence-corrected chi connectivity index (χ3v) is 3.70. The van der Waals surface area contributed by atoms with Crippen LogP contribution < -0.4 is 5.73 Å². The summed E-state index contributed by atoms with van der Waals surface area (Å²) in [5.41, 5.74) is 7.97. The van der Waals surface area contributed by atoms with Crippen molar-refractivity contribution in [2.45, 2.75) is 18.2 Å².